The predicted octanol–water partition coefficient (Wildman–Crippen LogP) is 0.336. The van der Waals surface area contributed by atoms with E-state index in [9.17, 15) is 4.79 Å². The molecular weight excluding hydrogens is 102 g/mol. The third kappa shape index (κ3) is 1.89. The normalized spacial score (nSPS) is 12.8. The first-order chi connectivity index (χ1) is 3.72. The van der Waals surface area contributed by atoms with Crippen LogP contribution >= 0.6 is 0 Å². The maximum absolute atomic E-state index is 10.5. The first-order valence-electron chi connectivity index (χ1n) is 2.58. The third-order valence-corrected chi connectivity index (χ3v) is 1.04. The zero-order valence-electron chi connectivity index (χ0n) is 5.05. The van der Waals surface area contributed by atoms with E-state index in [-0.39, 0.29) is 11.7 Å². The summed E-state index contributed by atoms with van der Waals surface area (Å²) in [5, 5.41) is 0. The van der Waals surface area contributed by atoms with E-state index in [2.05, 4.69) is 6.58 Å². The molecule has 0 saturated heterocycles. The van der Waals surface area contributed by atoms with Gasteiger partial charge in [-0.25, -0.2) is 0 Å². The number of carbonyl (C=O) groups is 1. The van der Waals surface area contributed by atoms with Crippen molar-refractivity contribution < 1.29 is 4.79 Å². The number of hydrogen-bond donors (Lipinski definition) is 1. The van der Waals surface area contributed by atoms with Crippen molar-refractivity contribution in [3.63, 3.8) is 0 Å². The molecule has 0 spiro atoms. The predicted molar refractivity (Wildman–Crippen MR) is 33.4 cm³/mol. The van der Waals surface area contributed by atoms with Crippen LogP contribution in [0.5, 0.6) is 0 Å². The quantitative estimate of drug-likeness (QED) is 0.536. The number of carbonyl (C=O) groups excluding carboxylic acids is 1. The summed E-state index contributed by atoms with van der Waals surface area (Å²) in [4.78, 5) is 10.5. The first-order valence-corrected chi connectivity index (χ1v) is 2.58. The lowest BCUT2D eigenvalue weighted by Gasteiger charge is -1.99. The smallest absolute Gasteiger partial charge is 0.159 e. The molecule has 0 fully saturated rings. The van der Waals surface area contributed by atoms with Crippen molar-refractivity contribution in [2.24, 2.45) is 11.7 Å². The lowest BCUT2D eigenvalue weighted by molar-refractivity contribution is -0.117. The fourth-order valence-corrected chi connectivity index (χ4v) is 0.317. The number of nitrogens with two attached hydrogens (primary N) is 1. The van der Waals surface area contributed by atoms with Gasteiger partial charge in [0.2, 0.25) is 0 Å². The van der Waals surface area contributed by atoms with Crippen LogP contribution in [-0.2, 0) is 4.79 Å². The van der Waals surface area contributed by atoms with Crippen LogP contribution in [0.2, 0.25) is 0 Å². The van der Waals surface area contributed by atoms with E-state index in [4.69, 9.17) is 5.73 Å². The van der Waals surface area contributed by atoms with E-state index in [1.54, 1.807) is 6.92 Å². The van der Waals surface area contributed by atoms with Crippen LogP contribution in [0.1, 0.15) is 6.92 Å². The minimum atomic E-state index is -0.0625. The van der Waals surface area contributed by atoms with E-state index in [0.29, 0.717) is 6.54 Å². The first kappa shape index (κ1) is 7.37. The highest BCUT2D eigenvalue weighted by Crippen LogP contribution is 1.92. The summed E-state index contributed by atoms with van der Waals surface area (Å²) in [5.74, 6) is -0.0417. The van der Waals surface area contributed by atoms with E-state index in [1.807, 2.05) is 0 Å². The molecule has 46 valence electrons. The molecule has 0 saturated carbocycles. The summed E-state index contributed by atoms with van der Waals surface area (Å²) in [6.07, 6.45) is 1.30. The van der Waals surface area contributed by atoms with Crippen molar-refractivity contribution in [2.75, 3.05) is 6.54 Å². The van der Waals surface area contributed by atoms with Crippen LogP contribution in [-0.4, -0.2) is 12.3 Å². The standard InChI is InChI=1S/C6H11NO/c1-3-6(8)5(2)4-7/h3,5H,1,4,7H2,2H3. The van der Waals surface area contributed by atoms with Gasteiger partial charge in [0.1, 0.15) is 0 Å². The second kappa shape index (κ2) is 3.38. The van der Waals surface area contributed by atoms with E-state index < -0.39 is 0 Å². The van der Waals surface area contributed by atoms with Gasteiger partial charge >= 0.3 is 0 Å². The molecule has 0 aromatic carbocycles. The van der Waals surface area contributed by atoms with Gasteiger partial charge in [0.05, 0.1) is 0 Å². The Morgan fingerprint density at radius 1 is 2.00 bits per heavy atom. The van der Waals surface area contributed by atoms with Crippen LogP contribution in [0.25, 0.3) is 0 Å². The minimum absolute atomic E-state index is 0.0208. The lowest BCUT2D eigenvalue weighted by atomic mass is 10.1. The lowest BCUT2D eigenvalue weighted by Crippen LogP contribution is -2.18. The Kier molecular flexibility index (Phi) is 3.12. The Morgan fingerprint density at radius 2 is 2.50 bits per heavy atom. The van der Waals surface area contributed by atoms with Crippen LogP contribution in [0.15, 0.2) is 12.7 Å². The van der Waals surface area contributed by atoms with Gasteiger partial charge in [-0.2, -0.15) is 0 Å². The Balaban J connectivity index is 3.62. The summed E-state index contributed by atoms with van der Waals surface area (Å²) in [7, 11) is 0. The van der Waals surface area contributed by atoms with Gasteiger partial charge in [0.15, 0.2) is 5.78 Å². The van der Waals surface area contributed by atoms with Crippen LogP contribution < -0.4 is 5.73 Å². The van der Waals surface area contributed by atoms with Crippen molar-refractivity contribution in [3.05, 3.63) is 12.7 Å². The van der Waals surface area contributed by atoms with Gasteiger partial charge < -0.3 is 5.73 Å². The van der Waals surface area contributed by atoms with Crippen LogP contribution in [0.3, 0.4) is 0 Å². The molecule has 0 aliphatic heterocycles. The van der Waals surface area contributed by atoms with E-state index >= 15 is 0 Å². The van der Waals surface area contributed by atoms with Gasteiger partial charge in [-0.3, -0.25) is 4.79 Å². The summed E-state index contributed by atoms with van der Waals surface area (Å²) < 4.78 is 0. The highest BCUT2D eigenvalue weighted by atomic mass is 16.1. The van der Waals surface area contributed by atoms with Gasteiger partial charge in [0.25, 0.3) is 0 Å². The topological polar surface area (TPSA) is 43.1 Å². The molecule has 0 radical (unpaired) electrons. The fourth-order valence-electron chi connectivity index (χ4n) is 0.317. The summed E-state index contributed by atoms with van der Waals surface area (Å²) in [5.41, 5.74) is 5.18. The summed E-state index contributed by atoms with van der Waals surface area (Å²) >= 11 is 0. The second-order valence-corrected chi connectivity index (χ2v) is 1.74. The Morgan fingerprint density at radius 3 is 2.62 bits per heavy atom. The summed E-state index contributed by atoms with van der Waals surface area (Å²) in [6, 6.07) is 0. The molecule has 2 nitrogen and oxygen atoms in total. The number of rotatable bonds is 3. The number of hydrogen-bond acceptors (Lipinski definition) is 2. The van der Waals surface area contributed by atoms with E-state index in [0.717, 1.165) is 0 Å². The van der Waals surface area contributed by atoms with Crippen molar-refractivity contribution in [1.82, 2.24) is 0 Å². The monoisotopic (exact) mass is 113 g/mol. The average Bonchev–Trinajstić information content (AvgIpc) is 1.84. The Labute approximate surface area is 49.4 Å². The van der Waals surface area contributed by atoms with Crippen molar-refractivity contribution in [2.45, 2.75) is 6.92 Å². The minimum Gasteiger partial charge on any atom is -0.330 e. The Bertz CT molecular complexity index is 98.7. The molecule has 0 aromatic heterocycles. The molecule has 0 aliphatic carbocycles. The number of allylic oxidation sites excluding steroid dienone is 1. The van der Waals surface area contributed by atoms with Gasteiger partial charge in [0, 0.05) is 12.5 Å². The highest BCUT2D eigenvalue weighted by Gasteiger charge is 2.04. The maximum atomic E-state index is 10.5. The van der Waals surface area contributed by atoms with Crippen molar-refractivity contribution in [1.29, 1.82) is 0 Å². The molecule has 1 atom stereocenters. The highest BCUT2D eigenvalue weighted by molar-refractivity contribution is 5.90. The van der Waals surface area contributed by atoms with Crippen molar-refractivity contribution in [3.8, 4) is 0 Å². The molecule has 0 aromatic rings. The molecule has 0 heterocycles. The molecule has 2 N–H and O–H groups in total. The van der Waals surface area contributed by atoms with Gasteiger partial charge in [-0.1, -0.05) is 13.5 Å². The average molecular weight is 113 g/mol. The zero-order chi connectivity index (χ0) is 6.57. The maximum Gasteiger partial charge on any atom is 0.159 e. The SMILES string of the molecule is C=CC(=O)C(C)CN. The van der Waals surface area contributed by atoms with E-state index in [1.165, 1.54) is 6.08 Å². The fraction of sp³-hybridized carbons (Fsp3) is 0.500. The molecular formula is C6H11NO. The van der Waals surface area contributed by atoms with Gasteiger partial charge in [-0.15, -0.1) is 0 Å². The molecule has 0 aliphatic rings. The van der Waals surface area contributed by atoms with Crippen LogP contribution in [0.4, 0.5) is 0 Å². The second-order valence-electron chi connectivity index (χ2n) is 1.74. The third-order valence-electron chi connectivity index (χ3n) is 1.04. The van der Waals surface area contributed by atoms with Crippen LogP contribution in [0, 0.1) is 5.92 Å². The van der Waals surface area contributed by atoms with Crippen molar-refractivity contribution >= 4 is 5.78 Å². The molecule has 0 bridgehead atoms. The summed E-state index contributed by atoms with van der Waals surface area (Å²) in [6.45, 7) is 5.51. The molecule has 8 heavy (non-hydrogen) atoms. The molecule has 2 heteroatoms. The number of ketones is 1. The molecule has 1 unspecified atom stereocenters. The molecule has 0 amide bonds. The molecule has 0 rings (SSSR count). The zero-order valence-corrected chi connectivity index (χ0v) is 5.05. The largest absolute Gasteiger partial charge is 0.330 e. The van der Waals surface area contributed by atoms with Gasteiger partial charge in [-0.05, 0) is 6.08 Å². The Hall–Kier alpha value is -0.630.